The molecule has 1 atom stereocenters. The third-order valence-electron chi connectivity index (χ3n) is 2.67. The Kier molecular flexibility index (Phi) is 9.30. The van der Waals surface area contributed by atoms with Gasteiger partial charge in [0.2, 0.25) is 0 Å². The molecule has 0 aromatic rings. The summed E-state index contributed by atoms with van der Waals surface area (Å²) in [7, 11) is 0. The highest BCUT2D eigenvalue weighted by Crippen LogP contribution is 2.13. The van der Waals surface area contributed by atoms with E-state index >= 15 is 0 Å². The first-order valence-electron chi connectivity index (χ1n) is 6.42. The lowest BCUT2D eigenvalue weighted by Crippen LogP contribution is -2.09. The molecule has 0 aliphatic rings. The number of carbonyl (C=O) groups is 1. The lowest BCUT2D eigenvalue weighted by molar-refractivity contribution is -0.137. The Morgan fingerprint density at radius 1 is 1.06 bits per heavy atom. The molecule has 0 bridgehead atoms. The average molecular weight is 230 g/mol. The minimum atomic E-state index is -0.702. The topological polar surface area (TPSA) is 57.5 Å². The van der Waals surface area contributed by atoms with Crippen LogP contribution >= 0.6 is 0 Å². The van der Waals surface area contributed by atoms with Crippen molar-refractivity contribution >= 4 is 5.97 Å². The first-order chi connectivity index (χ1) is 7.52. The molecular weight excluding hydrogens is 204 g/mol. The van der Waals surface area contributed by atoms with Gasteiger partial charge >= 0.3 is 5.97 Å². The van der Waals surface area contributed by atoms with Crippen LogP contribution in [0.5, 0.6) is 0 Å². The first-order valence-corrected chi connectivity index (χ1v) is 6.42. The van der Waals surface area contributed by atoms with E-state index in [-0.39, 0.29) is 12.5 Å². The third kappa shape index (κ3) is 11.5. The van der Waals surface area contributed by atoms with Gasteiger partial charge in [0.1, 0.15) is 0 Å². The molecule has 0 saturated heterocycles. The van der Waals surface area contributed by atoms with Crippen LogP contribution < -0.4 is 0 Å². The van der Waals surface area contributed by atoms with Crippen LogP contribution in [0.3, 0.4) is 0 Å². The third-order valence-corrected chi connectivity index (χ3v) is 2.67. The maximum atomic E-state index is 10.2. The minimum Gasteiger partial charge on any atom is -0.481 e. The predicted octanol–water partition coefficient (Wildman–Crippen LogP) is 3.21. The standard InChI is InChI=1S/C13H26O3/c1-11(2)10-12(14)8-6-4-3-5-7-9-13(15)16/h11-12,14H,3-10H2,1-2H3,(H,15,16). The molecular formula is C13H26O3. The number of carboxylic acid groups (broad SMARTS) is 1. The summed E-state index contributed by atoms with van der Waals surface area (Å²) in [5.41, 5.74) is 0. The number of hydrogen-bond donors (Lipinski definition) is 2. The van der Waals surface area contributed by atoms with E-state index in [0.717, 1.165) is 44.9 Å². The predicted molar refractivity (Wildman–Crippen MR) is 65.4 cm³/mol. The van der Waals surface area contributed by atoms with Crippen LogP contribution in [0.25, 0.3) is 0 Å². The second-order valence-electron chi connectivity index (χ2n) is 4.98. The molecule has 0 amide bonds. The van der Waals surface area contributed by atoms with Crippen LogP contribution in [0.1, 0.15) is 65.2 Å². The van der Waals surface area contributed by atoms with Crippen LogP contribution in [-0.2, 0) is 4.79 Å². The number of aliphatic carboxylic acids is 1. The Bertz CT molecular complexity index is 178. The van der Waals surface area contributed by atoms with E-state index in [1.54, 1.807) is 0 Å². The Labute approximate surface area is 98.9 Å². The summed E-state index contributed by atoms with van der Waals surface area (Å²) in [6, 6.07) is 0. The fraction of sp³-hybridized carbons (Fsp3) is 0.923. The van der Waals surface area contributed by atoms with Crippen molar-refractivity contribution < 1.29 is 15.0 Å². The molecule has 0 heterocycles. The number of hydrogen-bond acceptors (Lipinski definition) is 2. The van der Waals surface area contributed by atoms with Crippen molar-refractivity contribution in [2.45, 2.75) is 71.3 Å². The summed E-state index contributed by atoms with van der Waals surface area (Å²) in [6.07, 6.45) is 6.93. The van der Waals surface area contributed by atoms with Gasteiger partial charge in [0.15, 0.2) is 0 Å². The zero-order valence-corrected chi connectivity index (χ0v) is 10.6. The highest BCUT2D eigenvalue weighted by molar-refractivity contribution is 5.66. The summed E-state index contributed by atoms with van der Waals surface area (Å²) in [5.74, 6) is -0.141. The van der Waals surface area contributed by atoms with E-state index in [4.69, 9.17) is 5.11 Å². The van der Waals surface area contributed by atoms with Crippen molar-refractivity contribution in [2.24, 2.45) is 5.92 Å². The fourth-order valence-electron chi connectivity index (χ4n) is 1.85. The summed E-state index contributed by atoms with van der Waals surface area (Å²) in [5, 5.41) is 18.1. The van der Waals surface area contributed by atoms with Gasteiger partial charge in [-0.25, -0.2) is 0 Å². The summed E-state index contributed by atoms with van der Waals surface area (Å²) < 4.78 is 0. The van der Waals surface area contributed by atoms with Gasteiger partial charge in [0, 0.05) is 6.42 Å². The molecule has 0 rings (SSSR count). The van der Waals surface area contributed by atoms with Crippen molar-refractivity contribution in [1.82, 2.24) is 0 Å². The van der Waals surface area contributed by atoms with Gasteiger partial charge in [0.05, 0.1) is 6.10 Å². The van der Waals surface area contributed by atoms with Crippen LogP contribution in [0.2, 0.25) is 0 Å². The number of aliphatic hydroxyl groups is 1. The second kappa shape index (κ2) is 9.64. The lowest BCUT2D eigenvalue weighted by atomic mass is 10.0. The molecule has 0 aromatic carbocycles. The quantitative estimate of drug-likeness (QED) is 0.567. The van der Waals surface area contributed by atoms with Crippen molar-refractivity contribution in [3.63, 3.8) is 0 Å². The van der Waals surface area contributed by atoms with Crippen LogP contribution in [0, 0.1) is 5.92 Å². The van der Waals surface area contributed by atoms with E-state index in [1.807, 2.05) is 0 Å². The molecule has 0 aliphatic carbocycles. The molecule has 0 fully saturated rings. The summed E-state index contributed by atoms with van der Waals surface area (Å²) in [4.78, 5) is 10.2. The normalized spacial score (nSPS) is 13.0. The van der Waals surface area contributed by atoms with Crippen molar-refractivity contribution in [1.29, 1.82) is 0 Å². The Balaban J connectivity index is 3.17. The Hall–Kier alpha value is -0.570. The van der Waals surface area contributed by atoms with Crippen LogP contribution in [0.4, 0.5) is 0 Å². The number of carboxylic acids is 1. The number of aliphatic hydroxyl groups excluding tert-OH is 1. The van der Waals surface area contributed by atoms with Crippen molar-refractivity contribution in [3.05, 3.63) is 0 Å². The smallest absolute Gasteiger partial charge is 0.303 e. The van der Waals surface area contributed by atoms with Gasteiger partial charge in [0.25, 0.3) is 0 Å². The van der Waals surface area contributed by atoms with Crippen LogP contribution in [-0.4, -0.2) is 22.3 Å². The van der Waals surface area contributed by atoms with E-state index in [0.29, 0.717) is 5.92 Å². The lowest BCUT2D eigenvalue weighted by Gasteiger charge is -2.12. The molecule has 0 spiro atoms. The molecule has 2 N–H and O–H groups in total. The molecule has 1 unspecified atom stereocenters. The van der Waals surface area contributed by atoms with Gasteiger partial charge < -0.3 is 10.2 Å². The average Bonchev–Trinajstić information content (AvgIpc) is 2.14. The Morgan fingerprint density at radius 3 is 2.19 bits per heavy atom. The second-order valence-corrected chi connectivity index (χ2v) is 4.98. The van der Waals surface area contributed by atoms with E-state index in [9.17, 15) is 9.90 Å². The highest BCUT2D eigenvalue weighted by atomic mass is 16.4. The van der Waals surface area contributed by atoms with E-state index in [2.05, 4.69) is 13.8 Å². The summed E-state index contributed by atoms with van der Waals surface area (Å²) >= 11 is 0. The van der Waals surface area contributed by atoms with Gasteiger partial charge in [-0.05, 0) is 25.2 Å². The van der Waals surface area contributed by atoms with Gasteiger partial charge in [-0.15, -0.1) is 0 Å². The van der Waals surface area contributed by atoms with Gasteiger partial charge in [-0.3, -0.25) is 4.79 Å². The van der Waals surface area contributed by atoms with Gasteiger partial charge in [-0.2, -0.15) is 0 Å². The van der Waals surface area contributed by atoms with E-state index in [1.165, 1.54) is 0 Å². The molecule has 3 nitrogen and oxygen atoms in total. The minimum absolute atomic E-state index is 0.154. The SMILES string of the molecule is CC(C)CC(O)CCCCCCCC(=O)O. The molecule has 0 saturated carbocycles. The largest absolute Gasteiger partial charge is 0.481 e. The molecule has 3 heteroatoms. The van der Waals surface area contributed by atoms with Crippen molar-refractivity contribution in [2.75, 3.05) is 0 Å². The molecule has 96 valence electrons. The molecule has 16 heavy (non-hydrogen) atoms. The maximum absolute atomic E-state index is 10.2. The maximum Gasteiger partial charge on any atom is 0.303 e. The zero-order valence-electron chi connectivity index (χ0n) is 10.6. The zero-order chi connectivity index (χ0) is 12.4. The van der Waals surface area contributed by atoms with E-state index < -0.39 is 5.97 Å². The highest BCUT2D eigenvalue weighted by Gasteiger charge is 2.06. The number of unbranched alkanes of at least 4 members (excludes halogenated alkanes) is 4. The number of rotatable bonds is 10. The van der Waals surface area contributed by atoms with Crippen LogP contribution in [0.15, 0.2) is 0 Å². The van der Waals surface area contributed by atoms with Gasteiger partial charge in [-0.1, -0.05) is 39.5 Å². The molecule has 0 aliphatic heterocycles. The first kappa shape index (κ1) is 15.4. The fourth-order valence-corrected chi connectivity index (χ4v) is 1.85. The monoisotopic (exact) mass is 230 g/mol. The van der Waals surface area contributed by atoms with Crippen molar-refractivity contribution in [3.8, 4) is 0 Å². The molecule has 0 radical (unpaired) electrons. The Morgan fingerprint density at radius 2 is 1.62 bits per heavy atom. The summed E-state index contributed by atoms with van der Waals surface area (Å²) in [6.45, 7) is 4.24. The molecule has 0 aromatic heterocycles.